The molecule has 0 N–H and O–H groups in total. The van der Waals surface area contributed by atoms with E-state index in [2.05, 4.69) is 6.92 Å². The second-order valence-electron chi connectivity index (χ2n) is 9.56. The second-order valence-corrected chi connectivity index (χ2v) is 9.56. The van der Waals surface area contributed by atoms with Gasteiger partial charge in [-0.25, -0.2) is 4.39 Å². The number of ether oxygens (including phenoxy) is 1. The molecule has 0 amide bonds. The molecule has 0 unspecified atom stereocenters. The Labute approximate surface area is 180 Å². The number of unbranched alkanes of at least 4 members (excludes halogenated alkanes) is 1. The minimum absolute atomic E-state index is 0.195. The molecule has 168 valence electrons. The molecule has 2 fully saturated rings. The Balaban J connectivity index is 1.48. The maximum Gasteiger partial charge on any atom is 0.314 e. The number of halogens is 2. The average molecular weight is 421 g/mol. The van der Waals surface area contributed by atoms with E-state index in [1.165, 1.54) is 44.6 Å². The van der Waals surface area contributed by atoms with E-state index in [9.17, 15) is 13.6 Å². The SMILES string of the molecule is CCCCc1ccc(OC(=O)[C@H]2CC[C@H]([C@H]3CC[C@H](CCC)CC3)CC2)c(F)c1F. The van der Waals surface area contributed by atoms with Crippen LogP contribution in [0.4, 0.5) is 8.78 Å². The fraction of sp³-hybridized carbons (Fsp3) is 0.731. The van der Waals surface area contributed by atoms with Crippen molar-refractivity contribution in [3.8, 4) is 5.75 Å². The highest BCUT2D eigenvalue weighted by molar-refractivity contribution is 5.75. The lowest BCUT2D eigenvalue weighted by Crippen LogP contribution is -2.30. The summed E-state index contributed by atoms with van der Waals surface area (Å²) in [6.07, 6.45) is 14.0. The number of carbonyl (C=O) groups is 1. The van der Waals surface area contributed by atoms with Crippen LogP contribution < -0.4 is 4.74 Å². The molecule has 2 nitrogen and oxygen atoms in total. The first-order valence-corrected chi connectivity index (χ1v) is 12.2. The third kappa shape index (κ3) is 5.82. The Hall–Kier alpha value is -1.45. The van der Waals surface area contributed by atoms with Gasteiger partial charge in [0, 0.05) is 0 Å². The van der Waals surface area contributed by atoms with Gasteiger partial charge >= 0.3 is 5.97 Å². The summed E-state index contributed by atoms with van der Waals surface area (Å²) in [7, 11) is 0. The molecule has 3 rings (SSSR count). The van der Waals surface area contributed by atoms with Gasteiger partial charge in [0.1, 0.15) is 0 Å². The Morgan fingerprint density at radius 3 is 2.13 bits per heavy atom. The molecule has 0 bridgehead atoms. The lowest BCUT2D eigenvalue weighted by molar-refractivity contribution is -0.140. The van der Waals surface area contributed by atoms with Crippen LogP contribution in [0.2, 0.25) is 0 Å². The molecule has 2 saturated carbocycles. The molecule has 0 heterocycles. The summed E-state index contributed by atoms with van der Waals surface area (Å²) in [5.41, 5.74) is 0.350. The van der Waals surface area contributed by atoms with Crippen molar-refractivity contribution in [2.24, 2.45) is 23.7 Å². The van der Waals surface area contributed by atoms with Gasteiger partial charge in [-0.2, -0.15) is 4.39 Å². The number of rotatable bonds is 8. The molecule has 0 saturated heterocycles. The Morgan fingerprint density at radius 1 is 0.900 bits per heavy atom. The van der Waals surface area contributed by atoms with Crippen molar-refractivity contribution in [1.82, 2.24) is 0 Å². The predicted octanol–water partition coefficient (Wildman–Crippen LogP) is 7.63. The quantitative estimate of drug-likeness (QED) is 0.319. The summed E-state index contributed by atoms with van der Waals surface area (Å²) in [4.78, 5) is 12.6. The molecule has 1 aromatic rings. The number of hydrogen-bond acceptors (Lipinski definition) is 2. The van der Waals surface area contributed by atoms with Crippen LogP contribution in [-0.2, 0) is 11.2 Å². The van der Waals surface area contributed by atoms with Crippen LogP contribution in [0.25, 0.3) is 0 Å². The van der Waals surface area contributed by atoms with Gasteiger partial charge in [0.2, 0.25) is 5.82 Å². The molecular weight excluding hydrogens is 382 g/mol. The molecule has 1 aromatic carbocycles. The van der Waals surface area contributed by atoms with E-state index >= 15 is 0 Å². The minimum Gasteiger partial charge on any atom is -0.423 e. The van der Waals surface area contributed by atoms with Gasteiger partial charge in [0.05, 0.1) is 5.92 Å². The maximum absolute atomic E-state index is 14.4. The largest absolute Gasteiger partial charge is 0.423 e. The first kappa shape index (κ1) is 23.2. The molecule has 0 radical (unpaired) electrons. The van der Waals surface area contributed by atoms with Crippen LogP contribution in [0.1, 0.15) is 96.5 Å². The number of carbonyl (C=O) groups excluding carboxylic acids is 1. The lowest BCUT2D eigenvalue weighted by Gasteiger charge is -2.37. The van der Waals surface area contributed by atoms with Gasteiger partial charge in [-0.15, -0.1) is 0 Å². The van der Waals surface area contributed by atoms with Crippen LogP contribution in [0.5, 0.6) is 5.75 Å². The van der Waals surface area contributed by atoms with Crippen molar-refractivity contribution in [2.45, 2.75) is 97.3 Å². The number of hydrogen-bond donors (Lipinski definition) is 0. The van der Waals surface area contributed by atoms with Gasteiger partial charge in [0.25, 0.3) is 0 Å². The molecule has 0 atom stereocenters. The third-order valence-corrected chi connectivity index (χ3v) is 7.50. The van der Waals surface area contributed by atoms with E-state index in [-0.39, 0.29) is 11.7 Å². The van der Waals surface area contributed by atoms with Crippen molar-refractivity contribution >= 4 is 5.97 Å². The van der Waals surface area contributed by atoms with E-state index in [4.69, 9.17) is 4.74 Å². The second kappa shape index (κ2) is 11.2. The van der Waals surface area contributed by atoms with E-state index in [1.54, 1.807) is 6.07 Å². The van der Waals surface area contributed by atoms with Crippen molar-refractivity contribution in [3.05, 3.63) is 29.3 Å². The van der Waals surface area contributed by atoms with Crippen LogP contribution in [0.3, 0.4) is 0 Å². The van der Waals surface area contributed by atoms with E-state index in [0.29, 0.717) is 17.9 Å². The van der Waals surface area contributed by atoms with Crippen LogP contribution in [-0.4, -0.2) is 5.97 Å². The molecule has 4 heteroatoms. The molecular formula is C26H38F2O2. The lowest BCUT2D eigenvalue weighted by atomic mass is 9.69. The highest BCUT2D eigenvalue weighted by Crippen LogP contribution is 2.42. The summed E-state index contributed by atoms with van der Waals surface area (Å²) in [6.45, 7) is 4.28. The highest BCUT2D eigenvalue weighted by atomic mass is 19.2. The predicted molar refractivity (Wildman–Crippen MR) is 116 cm³/mol. The van der Waals surface area contributed by atoms with Crippen molar-refractivity contribution in [1.29, 1.82) is 0 Å². The monoisotopic (exact) mass is 420 g/mol. The van der Waals surface area contributed by atoms with Crippen LogP contribution in [0.15, 0.2) is 12.1 Å². The van der Waals surface area contributed by atoms with Gasteiger partial charge in [0.15, 0.2) is 11.6 Å². The van der Waals surface area contributed by atoms with Crippen LogP contribution in [0, 0.1) is 35.3 Å². The number of esters is 1. The molecule has 0 aromatic heterocycles. The summed E-state index contributed by atoms with van der Waals surface area (Å²) in [5, 5.41) is 0. The average Bonchev–Trinajstić information content (AvgIpc) is 2.77. The Kier molecular flexibility index (Phi) is 8.71. The topological polar surface area (TPSA) is 26.3 Å². The molecule has 30 heavy (non-hydrogen) atoms. The molecule has 2 aliphatic carbocycles. The zero-order chi connectivity index (χ0) is 21.5. The smallest absolute Gasteiger partial charge is 0.314 e. The van der Waals surface area contributed by atoms with Gasteiger partial charge < -0.3 is 4.74 Å². The van der Waals surface area contributed by atoms with Crippen molar-refractivity contribution in [3.63, 3.8) is 0 Å². The van der Waals surface area contributed by atoms with E-state index in [1.807, 2.05) is 6.92 Å². The Morgan fingerprint density at radius 2 is 1.53 bits per heavy atom. The summed E-state index contributed by atoms with van der Waals surface area (Å²) >= 11 is 0. The van der Waals surface area contributed by atoms with Crippen LogP contribution >= 0.6 is 0 Å². The fourth-order valence-corrected chi connectivity index (χ4v) is 5.59. The zero-order valence-electron chi connectivity index (χ0n) is 18.7. The van der Waals surface area contributed by atoms with Crippen molar-refractivity contribution < 1.29 is 18.3 Å². The molecule has 0 aliphatic heterocycles. The van der Waals surface area contributed by atoms with E-state index < -0.39 is 17.6 Å². The normalized spacial score (nSPS) is 27.1. The first-order valence-electron chi connectivity index (χ1n) is 12.2. The maximum atomic E-state index is 14.4. The van der Waals surface area contributed by atoms with Gasteiger partial charge in [-0.05, 0) is 80.8 Å². The third-order valence-electron chi connectivity index (χ3n) is 7.50. The highest BCUT2D eigenvalue weighted by Gasteiger charge is 2.34. The van der Waals surface area contributed by atoms with Gasteiger partial charge in [-0.1, -0.05) is 52.0 Å². The summed E-state index contributed by atoms with van der Waals surface area (Å²) in [6, 6.07) is 2.95. The van der Waals surface area contributed by atoms with Gasteiger partial charge in [-0.3, -0.25) is 4.79 Å². The standard InChI is InChI=1S/C26H38F2O2/c1-3-5-7-21-16-17-23(25(28)24(21)27)30-26(29)22-14-12-20(13-15-22)19-10-8-18(6-4-2)9-11-19/h16-20,22H,3-15H2,1-2H3/t18-,19-,20-,22-. The fourth-order valence-electron chi connectivity index (χ4n) is 5.59. The minimum atomic E-state index is -1.03. The first-order chi connectivity index (χ1) is 14.5. The molecule has 2 aliphatic rings. The summed E-state index contributed by atoms with van der Waals surface area (Å²) < 4.78 is 33.9. The van der Waals surface area contributed by atoms with Crippen molar-refractivity contribution in [2.75, 3.05) is 0 Å². The summed E-state index contributed by atoms with van der Waals surface area (Å²) in [5.74, 6) is -0.346. The zero-order valence-corrected chi connectivity index (χ0v) is 18.7. The Bertz CT molecular complexity index is 687. The molecule has 0 spiro atoms. The number of aryl methyl sites for hydroxylation is 1. The number of benzene rings is 1. The van der Waals surface area contributed by atoms with E-state index in [0.717, 1.165) is 50.4 Å².